The molecule has 5 aromatic rings. The largest absolute Gasteiger partial charge is 0.463 e. The second-order valence-corrected chi connectivity index (χ2v) is 7.70. The van der Waals surface area contributed by atoms with Crippen LogP contribution in [0.4, 0.5) is 0 Å². The molecule has 0 aliphatic carbocycles. The number of aryl methyl sites for hydroxylation is 2. The van der Waals surface area contributed by atoms with Crippen LogP contribution in [0.1, 0.15) is 32.1 Å². The van der Waals surface area contributed by atoms with Gasteiger partial charge in [0.25, 0.3) is 11.8 Å². The molecule has 0 atom stereocenters. The molecule has 4 aromatic heterocycles. The summed E-state index contributed by atoms with van der Waals surface area (Å²) in [7, 11) is 0. The Morgan fingerprint density at radius 1 is 0.941 bits per heavy atom. The molecule has 9 nitrogen and oxygen atoms in total. The Hall–Kier alpha value is -4.79. The lowest BCUT2D eigenvalue weighted by Gasteiger charge is -2.11. The van der Waals surface area contributed by atoms with Crippen molar-refractivity contribution in [2.24, 2.45) is 0 Å². The number of para-hydroxylation sites is 1. The summed E-state index contributed by atoms with van der Waals surface area (Å²) >= 11 is 0. The molecule has 2 amide bonds. The van der Waals surface area contributed by atoms with Gasteiger partial charge in [-0.15, -0.1) is 0 Å². The summed E-state index contributed by atoms with van der Waals surface area (Å²) in [5, 5.41) is 5.04. The number of nitrogens with zero attached hydrogens (tertiary/aromatic N) is 4. The van der Waals surface area contributed by atoms with Crippen LogP contribution < -0.4 is 10.9 Å². The number of rotatable bonds is 4. The van der Waals surface area contributed by atoms with Gasteiger partial charge in [0.1, 0.15) is 5.69 Å². The molecule has 0 saturated carbocycles. The molecule has 0 aliphatic heterocycles. The highest BCUT2D eigenvalue weighted by Crippen LogP contribution is 2.25. The lowest BCUT2D eigenvalue weighted by atomic mass is 10.1. The molecule has 168 valence electrons. The normalized spacial score (nSPS) is 10.9. The molecule has 2 N–H and O–H groups in total. The third-order valence-electron chi connectivity index (χ3n) is 5.26. The van der Waals surface area contributed by atoms with Crippen molar-refractivity contribution in [3.8, 4) is 17.3 Å². The van der Waals surface area contributed by atoms with Crippen molar-refractivity contribution in [1.82, 2.24) is 30.6 Å². The van der Waals surface area contributed by atoms with Crippen LogP contribution in [0.15, 0.2) is 77.5 Å². The fourth-order valence-electron chi connectivity index (χ4n) is 3.67. The minimum Gasteiger partial charge on any atom is -0.463 e. The molecule has 0 aliphatic rings. The number of fused-ring (bicyclic) bond motifs is 1. The van der Waals surface area contributed by atoms with Crippen LogP contribution in [0.2, 0.25) is 0 Å². The number of hydrazine groups is 1. The van der Waals surface area contributed by atoms with Crippen LogP contribution >= 0.6 is 0 Å². The van der Waals surface area contributed by atoms with Gasteiger partial charge in [-0.2, -0.15) is 5.10 Å². The van der Waals surface area contributed by atoms with Gasteiger partial charge in [0.15, 0.2) is 11.6 Å². The predicted octanol–water partition coefficient (Wildman–Crippen LogP) is 3.77. The molecular weight excluding hydrogens is 432 g/mol. The van der Waals surface area contributed by atoms with E-state index in [1.807, 2.05) is 38.1 Å². The Bertz CT molecular complexity index is 1500. The average Bonchev–Trinajstić information content (AvgIpc) is 3.51. The molecule has 0 spiro atoms. The first-order chi connectivity index (χ1) is 16.5. The maximum atomic E-state index is 13.0. The molecular formula is C25H20N6O3. The van der Waals surface area contributed by atoms with E-state index >= 15 is 0 Å². The van der Waals surface area contributed by atoms with Crippen LogP contribution in [0.25, 0.3) is 28.2 Å². The first-order valence-electron chi connectivity index (χ1n) is 10.5. The SMILES string of the molecule is Cc1cc(C)n(-c2ccc(C(=O)NNC(=O)c3cc(-c4ccco4)nc4ccccc34)cn2)n1. The van der Waals surface area contributed by atoms with Crippen LogP contribution in [0.3, 0.4) is 0 Å². The van der Waals surface area contributed by atoms with Crippen molar-refractivity contribution in [3.05, 3.63) is 95.6 Å². The summed E-state index contributed by atoms with van der Waals surface area (Å²) in [6, 6.07) is 17.7. The van der Waals surface area contributed by atoms with E-state index in [4.69, 9.17) is 4.42 Å². The van der Waals surface area contributed by atoms with E-state index in [0.717, 1.165) is 11.4 Å². The standard InChI is InChI=1S/C25H20N6O3/c1-15-12-16(2)31(30-15)23-10-9-17(14-26-23)24(32)28-29-25(33)19-13-21(22-8-5-11-34-22)27-20-7-4-3-6-18(19)20/h3-14H,1-2H3,(H,28,32)(H,29,33). The number of benzene rings is 1. The minimum atomic E-state index is -0.495. The van der Waals surface area contributed by atoms with Crippen molar-refractivity contribution in [2.75, 3.05) is 0 Å². The number of furan rings is 1. The lowest BCUT2D eigenvalue weighted by Crippen LogP contribution is -2.41. The predicted molar refractivity (Wildman–Crippen MR) is 125 cm³/mol. The van der Waals surface area contributed by atoms with Gasteiger partial charge < -0.3 is 4.42 Å². The highest BCUT2D eigenvalue weighted by molar-refractivity contribution is 6.08. The number of hydrogen-bond donors (Lipinski definition) is 2. The topological polar surface area (TPSA) is 115 Å². The maximum absolute atomic E-state index is 13.0. The van der Waals surface area contributed by atoms with E-state index in [-0.39, 0.29) is 0 Å². The second-order valence-electron chi connectivity index (χ2n) is 7.70. The van der Waals surface area contributed by atoms with Gasteiger partial charge in [0, 0.05) is 17.3 Å². The number of pyridine rings is 2. The van der Waals surface area contributed by atoms with Gasteiger partial charge in [-0.25, -0.2) is 14.6 Å². The van der Waals surface area contributed by atoms with Crippen LogP contribution in [0.5, 0.6) is 0 Å². The van der Waals surface area contributed by atoms with Gasteiger partial charge in [0.2, 0.25) is 0 Å². The summed E-state index contributed by atoms with van der Waals surface area (Å²) < 4.78 is 7.13. The number of nitrogens with one attached hydrogen (secondary N) is 2. The first-order valence-corrected chi connectivity index (χ1v) is 10.5. The number of carbonyl (C=O) groups is 2. The zero-order chi connectivity index (χ0) is 23.7. The number of carbonyl (C=O) groups excluding carboxylic acids is 2. The van der Waals surface area contributed by atoms with E-state index in [9.17, 15) is 9.59 Å². The highest BCUT2D eigenvalue weighted by atomic mass is 16.3. The summed E-state index contributed by atoms with van der Waals surface area (Å²) in [4.78, 5) is 34.5. The van der Waals surface area contributed by atoms with Crippen LogP contribution in [-0.4, -0.2) is 31.6 Å². The zero-order valence-electron chi connectivity index (χ0n) is 18.4. The lowest BCUT2D eigenvalue weighted by molar-refractivity contribution is 0.0847. The molecule has 1 aromatic carbocycles. The zero-order valence-corrected chi connectivity index (χ0v) is 18.4. The fourth-order valence-corrected chi connectivity index (χ4v) is 3.67. The van der Waals surface area contributed by atoms with E-state index in [1.165, 1.54) is 6.20 Å². The quantitative estimate of drug-likeness (QED) is 0.401. The van der Waals surface area contributed by atoms with E-state index in [1.54, 1.807) is 47.3 Å². The summed E-state index contributed by atoms with van der Waals surface area (Å²) in [6.45, 7) is 3.83. The third kappa shape index (κ3) is 4.02. The second kappa shape index (κ2) is 8.62. The molecule has 0 radical (unpaired) electrons. The van der Waals surface area contributed by atoms with Crippen molar-refractivity contribution >= 4 is 22.7 Å². The molecule has 0 fully saturated rings. The van der Waals surface area contributed by atoms with Gasteiger partial charge >= 0.3 is 0 Å². The van der Waals surface area contributed by atoms with Gasteiger partial charge in [-0.1, -0.05) is 18.2 Å². The molecule has 0 bridgehead atoms. The Kier molecular flexibility index (Phi) is 5.35. The molecule has 34 heavy (non-hydrogen) atoms. The molecule has 5 rings (SSSR count). The average molecular weight is 452 g/mol. The third-order valence-corrected chi connectivity index (χ3v) is 5.26. The van der Waals surface area contributed by atoms with Crippen molar-refractivity contribution in [1.29, 1.82) is 0 Å². The van der Waals surface area contributed by atoms with Gasteiger partial charge in [-0.3, -0.25) is 20.4 Å². The summed E-state index contributed by atoms with van der Waals surface area (Å²) in [6.07, 6.45) is 2.98. The first kappa shape index (κ1) is 21.1. The van der Waals surface area contributed by atoms with Crippen molar-refractivity contribution < 1.29 is 14.0 Å². The molecule has 0 saturated heterocycles. The monoisotopic (exact) mass is 452 g/mol. The van der Waals surface area contributed by atoms with Crippen molar-refractivity contribution in [3.63, 3.8) is 0 Å². The summed E-state index contributed by atoms with van der Waals surface area (Å²) in [5.41, 5.74) is 8.54. The Labute approximate surface area is 194 Å². The fraction of sp³-hybridized carbons (Fsp3) is 0.0800. The highest BCUT2D eigenvalue weighted by Gasteiger charge is 2.16. The number of amides is 2. The van der Waals surface area contributed by atoms with Crippen LogP contribution in [-0.2, 0) is 0 Å². The van der Waals surface area contributed by atoms with E-state index in [0.29, 0.717) is 39.3 Å². The van der Waals surface area contributed by atoms with E-state index in [2.05, 4.69) is 25.9 Å². The molecule has 0 unspecified atom stereocenters. The summed E-state index contributed by atoms with van der Waals surface area (Å²) in [5.74, 6) is 0.162. The van der Waals surface area contributed by atoms with Crippen molar-refractivity contribution in [2.45, 2.75) is 13.8 Å². The van der Waals surface area contributed by atoms with Gasteiger partial charge in [-0.05, 0) is 56.3 Å². The molecule has 9 heteroatoms. The Morgan fingerprint density at radius 3 is 2.47 bits per heavy atom. The number of hydrogen-bond acceptors (Lipinski definition) is 6. The maximum Gasteiger partial charge on any atom is 0.271 e. The van der Waals surface area contributed by atoms with Gasteiger partial charge in [0.05, 0.1) is 28.6 Å². The van der Waals surface area contributed by atoms with E-state index < -0.39 is 11.8 Å². The number of aromatic nitrogens is 4. The Morgan fingerprint density at radius 2 is 1.76 bits per heavy atom. The van der Waals surface area contributed by atoms with Crippen LogP contribution in [0, 0.1) is 13.8 Å². The molecule has 4 heterocycles. The Balaban J connectivity index is 1.34. The minimum absolute atomic E-state index is 0.293. The smallest absolute Gasteiger partial charge is 0.271 e.